The monoisotopic (exact) mass is 888 g/mol. The predicted octanol–water partition coefficient (Wildman–Crippen LogP) is 15.9. The summed E-state index contributed by atoms with van der Waals surface area (Å²) in [5.74, 6) is 1.71. The van der Waals surface area contributed by atoms with Gasteiger partial charge >= 0.3 is 351 Å². The van der Waals surface area contributed by atoms with Crippen molar-refractivity contribution in [1.82, 2.24) is 0 Å². The predicted molar refractivity (Wildman–Crippen MR) is 246 cm³/mol. The molecule has 58 heavy (non-hydrogen) atoms. The van der Waals surface area contributed by atoms with Crippen LogP contribution in [-0.2, 0) is 15.0 Å². The molecule has 10 rings (SSSR count). The van der Waals surface area contributed by atoms with Gasteiger partial charge in [-0.3, -0.25) is 0 Å². The number of hydrogen-bond acceptors (Lipinski definition) is 2. The number of furan rings is 2. The molecule has 2 aliphatic carbocycles. The van der Waals surface area contributed by atoms with Crippen molar-refractivity contribution in [3.8, 4) is 22.3 Å². The van der Waals surface area contributed by atoms with Crippen LogP contribution in [0.4, 0.5) is 0 Å². The molecule has 2 aliphatic rings. The summed E-state index contributed by atoms with van der Waals surface area (Å²) in [6.07, 6.45) is 8.55. The summed E-state index contributed by atoms with van der Waals surface area (Å²) >= 11 is -5.52. The molecule has 8 aromatic rings. The molecule has 0 N–H and O–H groups in total. The second-order valence-electron chi connectivity index (χ2n) is 16.7. The summed E-state index contributed by atoms with van der Waals surface area (Å²) in [6, 6.07) is 43.5. The van der Waals surface area contributed by atoms with Crippen molar-refractivity contribution in [3.63, 3.8) is 0 Å². The van der Waals surface area contributed by atoms with Gasteiger partial charge in [0.05, 0.1) is 0 Å². The van der Waals surface area contributed by atoms with Crippen LogP contribution in [0.5, 0.6) is 0 Å². The van der Waals surface area contributed by atoms with Crippen LogP contribution >= 0.6 is 17.0 Å². The Bertz CT molecular complexity index is 2960. The fourth-order valence-corrected chi connectivity index (χ4v) is 37.9. The van der Waals surface area contributed by atoms with Crippen LogP contribution in [0.1, 0.15) is 63.3 Å². The minimum atomic E-state index is -5.52. The summed E-state index contributed by atoms with van der Waals surface area (Å²) < 4.78 is 12.9. The summed E-state index contributed by atoms with van der Waals surface area (Å²) in [4.78, 5) is 0. The molecular formula is C52H44Cl2O2SiZr. The summed E-state index contributed by atoms with van der Waals surface area (Å²) in [5, 5.41) is 4.27. The molecule has 2 aromatic heterocycles. The molecule has 0 bridgehead atoms. The van der Waals surface area contributed by atoms with Gasteiger partial charge in [-0.05, 0) is 0 Å². The van der Waals surface area contributed by atoms with E-state index < -0.39 is 20.4 Å². The standard InChI is InChI=1S/2C25H19O.C2H6Si.2ClH.Zr/c2*1-16-7-3-5-9-21(16)24-17(2)11-12-18-13-20(14-23(18)24)25-22-10-6-4-8-19(22)15-26-25;1-3-2;;;/h2*3-15H,1-2H3;1-2H3;2*1H;/q;;;;;+2/p-2. The molecule has 0 saturated heterocycles. The molecule has 286 valence electrons. The molecule has 0 spiro atoms. The first kappa shape index (κ1) is 37.8. The van der Waals surface area contributed by atoms with Gasteiger partial charge in [0.2, 0.25) is 0 Å². The molecule has 0 aliphatic heterocycles. The van der Waals surface area contributed by atoms with Crippen LogP contribution in [0.15, 0.2) is 143 Å². The molecule has 0 amide bonds. The van der Waals surface area contributed by atoms with E-state index in [0.717, 1.165) is 44.2 Å². The van der Waals surface area contributed by atoms with Crippen LogP contribution in [0.25, 0.3) is 67.1 Å². The van der Waals surface area contributed by atoms with Crippen LogP contribution < -0.4 is 0 Å². The molecule has 0 fully saturated rings. The van der Waals surface area contributed by atoms with Gasteiger partial charge in [-0.1, -0.05) is 0 Å². The zero-order valence-corrected chi connectivity index (χ0v) is 38.6. The Balaban J connectivity index is 1.33. The van der Waals surface area contributed by atoms with Gasteiger partial charge in [0.25, 0.3) is 0 Å². The summed E-state index contributed by atoms with van der Waals surface area (Å²) in [6.45, 7) is 13.6. The normalized spacial score (nSPS) is 16.4. The fourth-order valence-electron chi connectivity index (χ4n) is 10.2. The van der Waals surface area contributed by atoms with Crippen LogP contribution in [0.2, 0.25) is 13.1 Å². The Labute approximate surface area is 348 Å². The first-order valence-electron chi connectivity index (χ1n) is 20.1. The SMILES string of the molecule is Cc1ccccc1-c1c(C)ccc2c1C=C(c1occ3ccccc13)[CH]2[Zr]([Cl])([Cl])([CH]1C(c2occ3ccccc23)=Cc2c1ccc(C)c2-c1ccccc1C)=[Si](C)C. The number of allylic oxidation sites excluding steroid dienone is 2. The van der Waals surface area contributed by atoms with Crippen molar-refractivity contribution in [2.45, 2.75) is 48.0 Å². The Hall–Kier alpha value is -4.44. The number of fused-ring (bicyclic) bond motifs is 4. The van der Waals surface area contributed by atoms with Crippen molar-refractivity contribution in [2.75, 3.05) is 0 Å². The zero-order valence-electron chi connectivity index (χ0n) is 33.6. The second kappa shape index (κ2) is 13.8. The van der Waals surface area contributed by atoms with Gasteiger partial charge in [0, 0.05) is 0 Å². The fraction of sp³-hybridized carbons (Fsp3) is 0.154. The molecular weight excluding hydrogens is 847 g/mol. The van der Waals surface area contributed by atoms with Gasteiger partial charge in [-0.15, -0.1) is 0 Å². The van der Waals surface area contributed by atoms with E-state index in [1.54, 1.807) is 0 Å². The van der Waals surface area contributed by atoms with Crippen molar-refractivity contribution >= 4 is 67.3 Å². The van der Waals surface area contributed by atoms with Crippen LogP contribution in [0.3, 0.4) is 0 Å². The molecule has 0 saturated carbocycles. The number of hydrogen-bond donors (Lipinski definition) is 0. The van der Waals surface area contributed by atoms with Crippen LogP contribution in [0, 0.1) is 27.7 Å². The molecule has 6 heteroatoms. The van der Waals surface area contributed by atoms with E-state index >= 15 is 0 Å². The van der Waals surface area contributed by atoms with Crippen LogP contribution in [-0.4, -0.2) is 5.43 Å². The topological polar surface area (TPSA) is 26.3 Å². The molecule has 2 heterocycles. The third kappa shape index (κ3) is 5.45. The van der Waals surface area contributed by atoms with Gasteiger partial charge in [0.15, 0.2) is 0 Å². The summed E-state index contributed by atoms with van der Waals surface area (Å²) in [7, 11) is 18.2. The second-order valence-corrected chi connectivity index (χ2v) is 55.5. The van der Waals surface area contributed by atoms with Crippen molar-refractivity contribution in [2.24, 2.45) is 0 Å². The Morgan fingerprint density at radius 3 is 1.29 bits per heavy atom. The first-order chi connectivity index (χ1) is 28.0. The first-order valence-corrected chi connectivity index (χ1v) is 35.5. The molecule has 2 nitrogen and oxygen atoms in total. The minimum absolute atomic E-state index is 0.273. The van der Waals surface area contributed by atoms with E-state index in [-0.39, 0.29) is 7.25 Å². The van der Waals surface area contributed by atoms with Crippen molar-refractivity contribution < 1.29 is 23.8 Å². The van der Waals surface area contributed by atoms with Gasteiger partial charge in [-0.2, -0.15) is 0 Å². The molecule has 2 unspecified atom stereocenters. The van der Waals surface area contributed by atoms with E-state index in [1.165, 1.54) is 66.8 Å². The maximum atomic E-state index is 9.12. The van der Waals surface area contributed by atoms with Crippen molar-refractivity contribution in [1.29, 1.82) is 0 Å². The van der Waals surface area contributed by atoms with E-state index in [1.807, 2.05) is 12.5 Å². The number of benzene rings is 6. The van der Waals surface area contributed by atoms with E-state index in [0.29, 0.717) is 0 Å². The average molecular weight is 891 g/mol. The van der Waals surface area contributed by atoms with E-state index in [9.17, 15) is 0 Å². The van der Waals surface area contributed by atoms with Gasteiger partial charge in [-0.25, -0.2) is 0 Å². The maximum absolute atomic E-state index is 9.12. The third-order valence-electron chi connectivity index (χ3n) is 13.2. The van der Waals surface area contributed by atoms with Gasteiger partial charge < -0.3 is 0 Å². The average Bonchev–Trinajstić information content (AvgIpc) is 4.01. The molecule has 0 radical (unpaired) electrons. The number of rotatable bonds is 6. The molecule has 6 aromatic carbocycles. The quantitative estimate of drug-likeness (QED) is 0.156. The Kier molecular flexibility index (Phi) is 9.01. The third-order valence-corrected chi connectivity index (χ3v) is 59.5. The van der Waals surface area contributed by atoms with E-state index in [2.05, 4.69) is 174 Å². The van der Waals surface area contributed by atoms with Crippen molar-refractivity contribution in [3.05, 3.63) is 190 Å². The number of halogens is 2. The molecule has 2 atom stereocenters. The number of aryl methyl sites for hydroxylation is 4. The van der Waals surface area contributed by atoms with E-state index in [4.69, 9.17) is 25.9 Å². The zero-order chi connectivity index (χ0) is 40.1. The summed E-state index contributed by atoms with van der Waals surface area (Å²) in [5.41, 5.74) is 15.3. The Morgan fingerprint density at radius 1 is 0.483 bits per heavy atom. The Morgan fingerprint density at radius 2 is 0.879 bits per heavy atom. The van der Waals surface area contributed by atoms with Gasteiger partial charge in [0.1, 0.15) is 0 Å².